The van der Waals surface area contributed by atoms with E-state index in [-0.39, 0.29) is 12.4 Å². The number of rotatable bonds is 0. The molecule has 0 radical (unpaired) electrons. The number of aliphatic hydroxyl groups excluding tert-OH is 6. The predicted molar refractivity (Wildman–Crippen MR) is 195 cm³/mol. The van der Waals surface area contributed by atoms with Crippen LogP contribution in [0.15, 0.2) is 0 Å². The SMILES string of the molecule is CC.CC.CC.CC.CC.CC.CO.CO.CO.CO.CO.CO.C[Si](C)(C)Cl.Cl.[SiH3]O[SiH3].[SiH3]O[SiH3]. The lowest BCUT2D eigenvalue weighted by atomic mass is 11.0. The molecule has 0 unspecified atom stereocenters. The van der Waals surface area contributed by atoms with Crippen LogP contribution >= 0.6 is 23.5 Å². The largest absolute Gasteiger partial charge is 0.471 e. The van der Waals surface area contributed by atoms with Crippen LogP contribution in [0.1, 0.15) is 83.1 Å². The summed E-state index contributed by atoms with van der Waals surface area (Å²) in [6.45, 7) is 30.3. The molecule has 0 spiro atoms. The van der Waals surface area contributed by atoms with Gasteiger partial charge in [-0.25, -0.2) is 0 Å². The third-order valence-corrected chi connectivity index (χ3v) is 0. The molecule has 8 nitrogen and oxygen atoms in total. The Balaban J connectivity index is -0.00000000862. The Labute approximate surface area is 256 Å². The smallest absolute Gasteiger partial charge is 0.147 e. The Bertz CT molecular complexity index is 86.8. The summed E-state index contributed by atoms with van der Waals surface area (Å²) in [6, 6.07) is 0. The van der Waals surface area contributed by atoms with Crippen LogP contribution in [0.3, 0.4) is 0 Å². The van der Waals surface area contributed by atoms with E-state index < -0.39 is 7.38 Å². The van der Waals surface area contributed by atoms with Crippen molar-refractivity contribution in [1.29, 1.82) is 0 Å². The maximum absolute atomic E-state index is 7.00. The number of hydrogen-bond acceptors (Lipinski definition) is 8. The summed E-state index contributed by atoms with van der Waals surface area (Å²) >= 11 is 5.67. The molecule has 0 amide bonds. The van der Waals surface area contributed by atoms with Crippen molar-refractivity contribution in [3.05, 3.63) is 0 Å². The number of aliphatic hydroxyl groups is 6. The summed E-state index contributed by atoms with van der Waals surface area (Å²) in [7, 11) is 8.58. The van der Waals surface area contributed by atoms with E-state index in [0.29, 0.717) is 0 Å². The van der Waals surface area contributed by atoms with E-state index in [1.54, 1.807) is 0 Å². The van der Waals surface area contributed by atoms with Crippen molar-refractivity contribution in [2.45, 2.75) is 103 Å². The van der Waals surface area contributed by atoms with Crippen molar-refractivity contribution >= 4 is 72.8 Å². The van der Waals surface area contributed by atoms with Gasteiger partial charge in [0.2, 0.25) is 0 Å². The van der Waals surface area contributed by atoms with E-state index in [4.69, 9.17) is 41.7 Å². The average Bonchev–Trinajstić information content (AvgIpc) is 2.97. The van der Waals surface area contributed by atoms with Gasteiger partial charge in [0.25, 0.3) is 0 Å². The summed E-state index contributed by atoms with van der Waals surface area (Å²) in [5.74, 6) is 0. The highest BCUT2D eigenvalue weighted by Gasteiger charge is 2.04. The Morgan fingerprint density at radius 1 is 0.389 bits per heavy atom. The quantitative estimate of drug-likeness (QED) is 0.168. The lowest BCUT2D eigenvalue weighted by Gasteiger charge is -1.97. The fourth-order valence-corrected chi connectivity index (χ4v) is 0. The maximum atomic E-state index is 7.00. The minimum absolute atomic E-state index is 0. The third-order valence-electron chi connectivity index (χ3n) is 0. The van der Waals surface area contributed by atoms with Gasteiger partial charge in [-0.15, -0.1) is 12.4 Å². The molecule has 0 heterocycles. The summed E-state index contributed by atoms with van der Waals surface area (Å²) in [5, 5.41) is 42.0. The van der Waals surface area contributed by atoms with Gasteiger partial charge in [0.05, 0.1) is 0 Å². The first-order valence-corrected chi connectivity index (χ1v) is 19.8. The van der Waals surface area contributed by atoms with Gasteiger partial charge in [-0.2, -0.15) is 11.1 Å². The first-order chi connectivity index (χ1) is 16.8. The topological polar surface area (TPSA) is 140 Å². The highest BCUT2D eigenvalue weighted by Crippen LogP contribution is 2.03. The zero-order valence-corrected chi connectivity index (χ0v) is 40.4. The lowest BCUT2D eigenvalue weighted by molar-refractivity contribution is 0.399. The van der Waals surface area contributed by atoms with Crippen LogP contribution in [0.4, 0.5) is 0 Å². The maximum Gasteiger partial charge on any atom is 0.147 e. The van der Waals surface area contributed by atoms with Gasteiger partial charge < -0.3 is 38.9 Å². The molecule has 248 valence electrons. The molecule has 0 aromatic carbocycles. The van der Waals surface area contributed by atoms with Crippen molar-refractivity contribution in [2.24, 2.45) is 0 Å². The van der Waals surface area contributed by atoms with Crippen LogP contribution in [0.2, 0.25) is 19.6 Å². The molecule has 0 aliphatic rings. The Morgan fingerprint density at radius 3 is 0.389 bits per heavy atom. The van der Waals surface area contributed by atoms with Crippen LogP contribution < -0.4 is 0 Å². The van der Waals surface area contributed by atoms with E-state index in [1.165, 1.54) is 0 Å². The molecule has 0 atom stereocenters. The number of halogens is 2. The zero-order valence-electron chi connectivity index (χ0n) is 29.8. The normalized spacial score (nSPS) is 5.00. The fourth-order valence-electron chi connectivity index (χ4n) is 0. The summed E-state index contributed by atoms with van der Waals surface area (Å²) in [6.07, 6.45) is 0. The van der Waals surface area contributed by atoms with Crippen molar-refractivity contribution in [3.63, 3.8) is 0 Å². The zero-order chi connectivity index (χ0) is 33.9. The Kier molecular flexibility index (Phi) is 1560. The second-order valence-corrected chi connectivity index (χ2v) is 17.0. The minimum Gasteiger partial charge on any atom is -0.471 e. The van der Waals surface area contributed by atoms with Gasteiger partial charge in [-0.1, -0.05) is 103 Å². The summed E-state index contributed by atoms with van der Waals surface area (Å²) < 4.78 is 9.06. The monoisotopic (exact) mass is 672 g/mol. The van der Waals surface area contributed by atoms with Gasteiger partial charge in [0.15, 0.2) is 0 Å². The molecule has 0 saturated carbocycles. The Hall–Kier alpha value is 1.34. The lowest BCUT2D eigenvalue weighted by Crippen LogP contribution is -2.06. The van der Waals surface area contributed by atoms with Crippen LogP contribution in [0, 0.1) is 0 Å². The molecule has 0 fully saturated rings. The van der Waals surface area contributed by atoms with Gasteiger partial charge in [-0.05, 0) is 0 Å². The highest BCUT2D eigenvalue weighted by atomic mass is 35.6. The molecule has 36 heavy (non-hydrogen) atoms. The third kappa shape index (κ3) is 23100. The highest BCUT2D eigenvalue weighted by molar-refractivity contribution is 7.18. The minimum atomic E-state index is -1.14. The molecule has 0 rings (SSSR count). The predicted octanol–water partition coefficient (Wildman–Crippen LogP) is 1.42. The first-order valence-electron chi connectivity index (χ1n) is 12.0. The molecule has 0 aromatic rings. The van der Waals surface area contributed by atoms with Gasteiger partial charge in [-0.3, -0.25) is 0 Å². The second kappa shape index (κ2) is 520. The average molecular weight is 674 g/mol. The number of hydrogen-bond donors (Lipinski definition) is 6. The molecular weight excluding hydrogens is 592 g/mol. The van der Waals surface area contributed by atoms with Crippen molar-refractivity contribution in [1.82, 2.24) is 0 Å². The van der Waals surface area contributed by atoms with Gasteiger partial charge in [0, 0.05) is 42.7 Å². The second-order valence-electron chi connectivity index (χ2n) is 2.88. The van der Waals surface area contributed by atoms with E-state index in [1.807, 2.05) is 83.1 Å². The molecule has 0 bridgehead atoms. The first kappa shape index (κ1) is 108. The molecule has 0 saturated heterocycles. The molecular formula is C21H82Cl2O8Si5. The van der Waals surface area contributed by atoms with Crippen LogP contribution in [-0.2, 0) is 8.23 Å². The molecule has 0 aromatic heterocycles. The molecule has 6 N–H and O–H groups in total. The summed E-state index contributed by atoms with van der Waals surface area (Å²) in [4.78, 5) is 0. The molecule has 15 heteroatoms. The van der Waals surface area contributed by atoms with Crippen molar-refractivity contribution < 1.29 is 38.9 Å². The standard InChI is InChI=1S/C3H9ClSi.6C2H6.6CH4O.ClH.2H6OSi2/c1-5(2,3)4;12*1-2;;2*2-1-3/h1-3H3;6*1-2H3;6*2H,1H3;1H;2*2-3H3. The van der Waals surface area contributed by atoms with Crippen LogP contribution in [-0.4, -0.2) is 123 Å². The molecule has 0 aliphatic carbocycles. The van der Waals surface area contributed by atoms with Crippen molar-refractivity contribution in [2.75, 3.05) is 42.7 Å². The summed E-state index contributed by atoms with van der Waals surface area (Å²) in [5.41, 5.74) is 0. The van der Waals surface area contributed by atoms with E-state index in [2.05, 4.69) is 27.9 Å². The van der Waals surface area contributed by atoms with Crippen LogP contribution in [0.25, 0.3) is 0 Å². The van der Waals surface area contributed by atoms with Gasteiger partial charge >= 0.3 is 0 Å². The van der Waals surface area contributed by atoms with Crippen molar-refractivity contribution in [3.8, 4) is 0 Å². The molecule has 0 aliphatic heterocycles. The fraction of sp³-hybridized carbons (Fsp3) is 1.00. The Morgan fingerprint density at radius 2 is 0.389 bits per heavy atom. The van der Waals surface area contributed by atoms with E-state index in [0.717, 1.165) is 84.6 Å². The van der Waals surface area contributed by atoms with Crippen LogP contribution in [0.5, 0.6) is 0 Å². The van der Waals surface area contributed by atoms with E-state index >= 15 is 0 Å². The van der Waals surface area contributed by atoms with E-state index in [9.17, 15) is 0 Å². The van der Waals surface area contributed by atoms with Gasteiger partial charge in [0.1, 0.15) is 49.3 Å².